The van der Waals surface area contributed by atoms with Gasteiger partial charge in [-0.2, -0.15) is 0 Å². The van der Waals surface area contributed by atoms with Crippen LogP contribution in [0.2, 0.25) is 5.02 Å². The largest absolute Gasteiger partial charge is 0.481 e. The SMILES string of the molecule is CCC(Oc1ccc(Cl)cc1)C(=O)O[C@H]1C[C@H](O)C=C2C=C[C@H](C)[C@H](CC[C@@H](O)C[C@@H](O)CC(=O)O)[C@H]21. The van der Waals surface area contributed by atoms with Crippen molar-refractivity contribution in [2.24, 2.45) is 17.8 Å². The Balaban J connectivity index is 1.70. The van der Waals surface area contributed by atoms with Gasteiger partial charge >= 0.3 is 11.9 Å². The van der Waals surface area contributed by atoms with Gasteiger partial charge in [-0.3, -0.25) is 4.79 Å². The highest BCUT2D eigenvalue weighted by molar-refractivity contribution is 6.30. The van der Waals surface area contributed by atoms with Gasteiger partial charge in [0.15, 0.2) is 6.10 Å². The molecule has 8 nitrogen and oxygen atoms in total. The minimum Gasteiger partial charge on any atom is -0.481 e. The molecule has 2 aliphatic rings. The van der Waals surface area contributed by atoms with Crippen molar-refractivity contribution in [3.05, 3.63) is 53.1 Å². The van der Waals surface area contributed by atoms with Gasteiger partial charge in [-0.05, 0) is 67.4 Å². The van der Waals surface area contributed by atoms with Crippen molar-refractivity contribution in [1.82, 2.24) is 0 Å². The van der Waals surface area contributed by atoms with E-state index >= 15 is 0 Å². The normalized spacial score (nSPS) is 27.4. The Morgan fingerprint density at radius 1 is 1.16 bits per heavy atom. The lowest BCUT2D eigenvalue weighted by molar-refractivity contribution is -0.163. The first-order chi connectivity index (χ1) is 17.6. The predicted molar refractivity (Wildman–Crippen MR) is 138 cm³/mol. The number of aliphatic hydroxyl groups is 3. The number of carbonyl (C=O) groups excluding carboxylic acids is 1. The van der Waals surface area contributed by atoms with Crippen molar-refractivity contribution in [1.29, 1.82) is 0 Å². The second-order valence-electron chi connectivity index (χ2n) is 10.0. The molecule has 9 heteroatoms. The molecule has 4 N–H and O–H groups in total. The second kappa shape index (κ2) is 13.4. The highest BCUT2D eigenvalue weighted by atomic mass is 35.5. The number of hydrogen-bond acceptors (Lipinski definition) is 7. The molecule has 1 aromatic carbocycles. The molecule has 1 aromatic rings. The van der Waals surface area contributed by atoms with Gasteiger partial charge in [0.25, 0.3) is 0 Å². The Hall–Kier alpha value is -2.39. The molecule has 2 aliphatic carbocycles. The Kier molecular flexibility index (Phi) is 10.6. The van der Waals surface area contributed by atoms with E-state index in [0.717, 1.165) is 5.57 Å². The molecule has 0 bridgehead atoms. The third-order valence-corrected chi connectivity index (χ3v) is 7.41. The van der Waals surface area contributed by atoms with E-state index in [2.05, 4.69) is 6.92 Å². The van der Waals surface area contributed by atoms with Gasteiger partial charge in [-0.1, -0.05) is 43.7 Å². The van der Waals surface area contributed by atoms with Crippen molar-refractivity contribution in [3.63, 3.8) is 0 Å². The summed E-state index contributed by atoms with van der Waals surface area (Å²) in [6.07, 6.45) is 2.86. The first-order valence-corrected chi connectivity index (χ1v) is 13.2. The molecule has 1 unspecified atom stereocenters. The van der Waals surface area contributed by atoms with E-state index in [0.29, 0.717) is 30.0 Å². The predicted octanol–water partition coefficient (Wildman–Crippen LogP) is 3.91. The maximum atomic E-state index is 13.2. The fourth-order valence-electron chi connectivity index (χ4n) is 5.29. The summed E-state index contributed by atoms with van der Waals surface area (Å²) in [6.45, 7) is 3.89. The van der Waals surface area contributed by atoms with Crippen LogP contribution < -0.4 is 4.74 Å². The van der Waals surface area contributed by atoms with Gasteiger partial charge in [0.1, 0.15) is 11.9 Å². The molecule has 3 rings (SSSR count). The van der Waals surface area contributed by atoms with Gasteiger partial charge in [0.2, 0.25) is 0 Å². The smallest absolute Gasteiger partial charge is 0.347 e. The van der Waals surface area contributed by atoms with Crippen LogP contribution in [0.1, 0.15) is 52.4 Å². The molecule has 0 fully saturated rings. The molecular weight excluding hydrogens is 500 g/mol. The van der Waals surface area contributed by atoms with E-state index in [-0.39, 0.29) is 30.6 Å². The number of fused-ring (bicyclic) bond motifs is 1. The van der Waals surface area contributed by atoms with Crippen molar-refractivity contribution < 1.29 is 39.5 Å². The fourth-order valence-corrected chi connectivity index (χ4v) is 5.41. The molecule has 0 saturated carbocycles. The molecular formula is C28H37ClO8. The van der Waals surface area contributed by atoms with Crippen LogP contribution >= 0.6 is 11.6 Å². The Bertz CT molecular complexity index is 975. The average Bonchev–Trinajstić information content (AvgIpc) is 2.82. The summed E-state index contributed by atoms with van der Waals surface area (Å²) >= 11 is 5.93. The number of halogens is 1. The third-order valence-electron chi connectivity index (χ3n) is 7.15. The average molecular weight is 537 g/mol. The number of rotatable bonds is 12. The summed E-state index contributed by atoms with van der Waals surface area (Å²) in [5, 5.41) is 40.2. The van der Waals surface area contributed by atoms with Gasteiger partial charge in [-0.15, -0.1) is 0 Å². The maximum Gasteiger partial charge on any atom is 0.347 e. The number of allylic oxidation sites excluding steroid dienone is 2. The quantitative estimate of drug-likeness (QED) is 0.295. The number of benzene rings is 1. The summed E-state index contributed by atoms with van der Waals surface area (Å²) in [6, 6.07) is 6.73. The molecule has 8 atom stereocenters. The van der Waals surface area contributed by atoms with Gasteiger partial charge in [-0.25, -0.2) is 4.79 Å². The maximum absolute atomic E-state index is 13.2. The minimum atomic E-state index is -1.11. The molecule has 0 aliphatic heterocycles. The van der Waals surface area contributed by atoms with Crippen LogP contribution in [0.5, 0.6) is 5.75 Å². The number of carboxylic acids is 1. The molecule has 204 valence electrons. The Morgan fingerprint density at radius 2 is 1.86 bits per heavy atom. The van der Waals surface area contributed by atoms with Crippen LogP contribution in [0.3, 0.4) is 0 Å². The van der Waals surface area contributed by atoms with Gasteiger partial charge in [0.05, 0.1) is 24.7 Å². The number of esters is 1. The lowest BCUT2D eigenvalue weighted by atomic mass is 9.66. The highest BCUT2D eigenvalue weighted by Crippen LogP contribution is 2.44. The first kappa shape index (κ1) is 29.2. The van der Waals surface area contributed by atoms with E-state index < -0.39 is 48.9 Å². The van der Waals surface area contributed by atoms with Gasteiger partial charge in [0, 0.05) is 17.4 Å². The summed E-state index contributed by atoms with van der Waals surface area (Å²) in [4.78, 5) is 24.0. The zero-order chi connectivity index (χ0) is 27.1. The number of hydrogen-bond donors (Lipinski definition) is 4. The van der Waals surface area contributed by atoms with E-state index in [4.69, 9.17) is 26.2 Å². The van der Waals surface area contributed by atoms with E-state index in [1.807, 2.05) is 19.1 Å². The van der Waals surface area contributed by atoms with Crippen molar-refractivity contribution in [2.75, 3.05) is 0 Å². The summed E-state index contributed by atoms with van der Waals surface area (Å²) < 4.78 is 11.8. The van der Waals surface area contributed by atoms with Crippen LogP contribution in [0, 0.1) is 17.8 Å². The molecule has 37 heavy (non-hydrogen) atoms. The van der Waals surface area contributed by atoms with E-state index in [1.165, 1.54) is 0 Å². The van der Waals surface area contributed by atoms with Crippen LogP contribution in [-0.4, -0.2) is 62.9 Å². The molecule has 0 radical (unpaired) electrons. The van der Waals surface area contributed by atoms with Crippen LogP contribution in [-0.2, 0) is 14.3 Å². The summed E-state index contributed by atoms with van der Waals surface area (Å²) in [7, 11) is 0. The number of carbonyl (C=O) groups is 2. The van der Waals surface area contributed by atoms with Crippen LogP contribution in [0.25, 0.3) is 0 Å². The second-order valence-corrected chi connectivity index (χ2v) is 10.5. The highest BCUT2D eigenvalue weighted by Gasteiger charge is 2.42. The Morgan fingerprint density at radius 3 is 2.51 bits per heavy atom. The summed E-state index contributed by atoms with van der Waals surface area (Å²) in [5.74, 6) is -1.14. The number of carboxylic acid groups (broad SMARTS) is 1. The van der Waals surface area contributed by atoms with Crippen LogP contribution in [0.15, 0.2) is 48.1 Å². The van der Waals surface area contributed by atoms with Crippen molar-refractivity contribution >= 4 is 23.5 Å². The van der Waals surface area contributed by atoms with E-state index in [9.17, 15) is 24.9 Å². The number of aliphatic carboxylic acids is 1. The molecule has 0 saturated heterocycles. The lowest BCUT2D eigenvalue weighted by Gasteiger charge is -2.43. The first-order valence-electron chi connectivity index (χ1n) is 12.9. The Labute approximate surface area is 222 Å². The van der Waals surface area contributed by atoms with Crippen LogP contribution in [0.4, 0.5) is 0 Å². The number of aliphatic hydroxyl groups excluding tert-OH is 3. The van der Waals surface area contributed by atoms with Crippen molar-refractivity contribution in [2.45, 2.75) is 82.9 Å². The van der Waals surface area contributed by atoms with E-state index in [1.54, 1.807) is 30.3 Å². The zero-order valence-electron chi connectivity index (χ0n) is 21.2. The fraction of sp³-hybridized carbons (Fsp3) is 0.571. The molecule has 0 aromatic heterocycles. The van der Waals surface area contributed by atoms with Crippen molar-refractivity contribution in [3.8, 4) is 5.75 Å². The molecule has 0 heterocycles. The molecule has 0 amide bonds. The monoisotopic (exact) mass is 536 g/mol. The summed E-state index contributed by atoms with van der Waals surface area (Å²) in [5.41, 5.74) is 0.895. The number of ether oxygens (including phenoxy) is 2. The van der Waals surface area contributed by atoms with Gasteiger partial charge < -0.3 is 29.9 Å². The molecule has 0 spiro atoms. The lowest BCUT2D eigenvalue weighted by Crippen LogP contribution is -2.44. The standard InChI is InChI=1S/C28H37ClO8/c1-3-24(36-22-9-6-18(29)7-10-22)28(35)37-25-14-20(31)12-17-5-4-16(2)23(27(17)25)11-8-19(30)13-21(32)15-26(33)34/h4-7,9-10,12,16,19-21,23-25,27,30-32H,3,8,11,13-15H2,1-2H3,(H,33,34)/t16-,19+,20+,21+,23-,24?,25-,27-/m0/s1. The third kappa shape index (κ3) is 8.30. The minimum absolute atomic E-state index is 0.0186. The zero-order valence-corrected chi connectivity index (χ0v) is 22.0. The topological polar surface area (TPSA) is 134 Å².